The molecule has 32 heavy (non-hydrogen) atoms. The highest BCUT2D eigenvalue weighted by molar-refractivity contribution is 7.89. The third-order valence-corrected chi connectivity index (χ3v) is 5.46. The van der Waals surface area contributed by atoms with Crippen LogP contribution in [0, 0.1) is 0 Å². The molecule has 8 nitrogen and oxygen atoms in total. The van der Waals surface area contributed by atoms with Gasteiger partial charge in [-0.3, -0.25) is 9.59 Å². The van der Waals surface area contributed by atoms with Gasteiger partial charge in [0.15, 0.2) is 5.76 Å². The monoisotopic (exact) mass is 467 g/mol. The molecule has 2 amide bonds. The average molecular weight is 467 g/mol. The average Bonchev–Trinajstić information content (AvgIpc) is 3.28. The fraction of sp³-hybridized carbons (Fsp3) is 0.100. The normalized spacial score (nSPS) is 11.7. The van der Waals surface area contributed by atoms with Crippen molar-refractivity contribution in [3.05, 3.63) is 78.3 Å². The number of rotatable bonds is 7. The van der Waals surface area contributed by atoms with Gasteiger partial charge in [-0.05, 0) is 54.6 Å². The Balaban J connectivity index is 1.56. The first kappa shape index (κ1) is 23.0. The number of amides is 2. The van der Waals surface area contributed by atoms with E-state index in [1.807, 2.05) is 4.72 Å². The lowest BCUT2D eigenvalue weighted by Gasteiger charge is -2.11. The zero-order valence-electron chi connectivity index (χ0n) is 16.1. The van der Waals surface area contributed by atoms with E-state index in [1.54, 1.807) is 6.07 Å². The molecule has 0 saturated heterocycles. The SMILES string of the molecule is O=C(CNS(=O)(=O)c1cccc(C(F)(F)F)c1)Nc1ccc(NC(=O)c2ccco2)cc1. The van der Waals surface area contributed by atoms with Crippen LogP contribution in [0.2, 0.25) is 0 Å². The maximum Gasteiger partial charge on any atom is 0.416 e. The standard InChI is InChI=1S/C20H16F3N3O5S/c21-20(22,23)13-3-1-4-16(11-13)32(29,30)24-12-18(27)25-14-6-8-15(9-7-14)26-19(28)17-5-2-10-31-17/h1-11,24H,12H2,(H,25,27)(H,26,28). The van der Waals surface area contributed by atoms with E-state index in [4.69, 9.17) is 4.42 Å². The van der Waals surface area contributed by atoms with E-state index >= 15 is 0 Å². The maximum absolute atomic E-state index is 12.8. The number of anilines is 2. The second-order valence-corrected chi connectivity index (χ2v) is 8.17. The van der Waals surface area contributed by atoms with E-state index in [9.17, 15) is 31.2 Å². The van der Waals surface area contributed by atoms with Gasteiger partial charge in [-0.25, -0.2) is 13.1 Å². The summed E-state index contributed by atoms with van der Waals surface area (Å²) in [4.78, 5) is 23.3. The van der Waals surface area contributed by atoms with Crippen molar-refractivity contribution in [1.82, 2.24) is 4.72 Å². The van der Waals surface area contributed by atoms with Gasteiger partial charge in [-0.2, -0.15) is 13.2 Å². The second-order valence-electron chi connectivity index (χ2n) is 6.41. The van der Waals surface area contributed by atoms with Crippen molar-refractivity contribution in [3.8, 4) is 0 Å². The van der Waals surface area contributed by atoms with Crippen LogP contribution in [0.5, 0.6) is 0 Å². The molecule has 168 valence electrons. The van der Waals surface area contributed by atoms with Gasteiger partial charge in [0.1, 0.15) is 0 Å². The topological polar surface area (TPSA) is 118 Å². The van der Waals surface area contributed by atoms with E-state index in [2.05, 4.69) is 10.6 Å². The van der Waals surface area contributed by atoms with E-state index in [0.29, 0.717) is 17.4 Å². The van der Waals surface area contributed by atoms with E-state index < -0.39 is 45.0 Å². The molecule has 0 atom stereocenters. The molecule has 0 bridgehead atoms. The Morgan fingerprint density at radius 1 is 0.906 bits per heavy atom. The molecule has 0 aliphatic heterocycles. The molecular formula is C20H16F3N3O5S. The third-order valence-electron chi connectivity index (χ3n) is 4.07. The summed E-state index contributed by atoms with van der Waals surface area (Å²) in [6.45, 7) is -0.699. The van der Waals surface area contributed by atoms with Crippen LogP contribution in [-0.2, 0) is 21.0 Å². The number of hydrogen-bond acceptors (Lipinski definition) is 5. The van der Waals surface area contributed by atoms with Crippen molar-refractivity contribution >= 4 is 33.2 Å². The Morgan fingerprint density at radius 2 is 1.56 bits per heavy atom. The Labute approximate surface area is 180 Å². The second kappa shape index (κ2) is 9.24. The van der Waals surface area contributed by atoms with Gasteiger partial charge < -0.3 is 15.1 Å². The van der Waals surface area contributed by atoms with Crippen molar-refractivity contribution in [2.24, 2.45) is 0 Å². The zero-order valence-corrected chi connectivity index (χ0v) is 17.0. The Kier molecular flexibility index (Phi) is 6.65. The van der Waals surface area contributed by atoms with Crippen LogP contribution in [-0.4, -0.2) is 26.8 Å². The van der Waals surface area contributed by atoms with Gasteiger partial charge in [-0.15, -0.1) is 0 Å². The molecule has 3 N–H and O–H groups in total. The summed E-state index contributed by atoms with van der Waals surface area (Å²) >= 11 is 0. The summed E-state index contributed by atoms with van der Waals surface area (Å²) in [6, 6.07) is 12.2. The molecule has 3 rings (SSSR count). The van der Waals surface area contributed by atoms with Crippen molar-refractivity contribution in [1.29, 1.82) is 0 Å². The number of carbonyl (C=O) groups excluding carboxylic acids is 2. The molecule has 0 aliphatic rings. The molecule has 0 radical (unpaired) electrons. The minimum Gasteiger partial charge on any atom is -0.459 e. The Bertz CT molecular complexity index is 1210. The molecular weight excluding hydrogens is 451 g/mol. The summed E-state index contributed by atoms with van der Waals surface area (Å²) in [6.07, 6.45) is -3.35. The predicted molar refractivity (Wildman–Crippen MR) is 108 cm³/mol. The minimum absolute atomic E-state index is 0.121. The molecule has 0 unspecified atom stereocenters. The summed E-state index contributed by atoms with van der Waals surface area (Å²) in [7, 11) is -4.34. The van der Waals surface area contributed by atoms with Crippen LogP contribution in [0.3, 0.4) is 0 Å². The van der Waals surface area contributed by atoms with Crippen LogP contribution in [0.25, 0.3) is 0 Å². The van der Waals surface area contributed by atoms with Gasteiger partial charge >= 0.3 is 6.18 Å². The number of hydrogen-bond donors (Lipinski definition) is 3. The van der Waals surface area contributed by atoms with E-state index in [-0.39, 0.29) is 5.76 Å². The van der Waals surface area contributed by atoms with Crippen LogP contribution >= 0.6 is 0 Å². The first-order valence-corrected chi connectivity index (χ1v) is 10.4. The first-order chi connectivity index (χ1) is 15.0. The number of alkyl halides is 3. The molecule has 12 heteroatoms. The van der Waals surface area contributed by atoms with Crippen LogP contribution < -0.4 is 15.4 Å². The number of halogens is 3. The van der Waals surface area contributed by atoms with Crippen LogP contribution in [0.15, 0.2) is 76.2 Å². The molecule has 0 saturated carbocycles. The van der Waals surface area contributed by atoms with Crippen molar-refractivity contribution in [2.75, 3.05) is 17.2 Å². The van der Waals surface area contributed by atoms with Crippen molar-refractivity contribution < 1.29 is 35.6 Å². The summed E-state index contributed by atoms with van der Waals surface area (Å²) in [5.41, 5.74) is -0.386. The fourth-order valence-electron chi connectivity index (χ4n) is 2.53. The number of nitrogens with one attached hydrogen (secondary N) is 3. The molecule has 0 aliphatic carbocycles. The first-order valence-electron chi connectivity index (χ1n) is 8.96. The number of benzene rings is 2. The van der Waals surface area contributed by atoms with E-state index in [0.717, 1.165) is 18.2 Å². The predicted octanol–water partition coefficient (Wildman–Crippen LogP) is 3.47. The lowest BCUT2D eigenvalue weighted by atomic mass is 10.2. The molecule has 1 heterocycles. The van der Waals surface area contributed by atoms with Gasteiger partial charge in [0, 0.05) is 11.4 Å². The van der Waals surface area contributed by atoms with Gasteiger partial charge in [0.25, 0.3) is 5.91 Å². The quantitative estimate of drug-likeness (QED) is 0.492. The number of carbonyl (C=O) groups is 2. The molecule has 1 aromatic heterocycles. The zero-order chi connectivity index (χ0) is 23.4. The number of furan rings is 1. The number of sulfonamides is 1. The maximum atomic E-state index is 12.8. The molecule has 0 fully saturated rings. The smallest absolute Gasteiger partial charge is 0.416 e. The largest absolute Gasteiger partial charge is 0.459 e. The van der Waals surface area contributed by atoms with Gasteiger partial charge in [0.2, 0.25) is 15.9 Å². The van der Waals surface area contributed by atoms with Crippen molar-refractivity contribution in [2.45, 2.75) is 11.1 Å². The molecule has 2 aromatic carbocycles. The molecule has 3 aromatic rings. The van der Waals surface area contributed by atoms with Gasteiger partial charge in [-0.1, -0.05) is 6.07 Å². The van der Waals surface area contributed by atoms with Gasteiger partial charge in [0.05, 0.1) is 23.3 Å². The highest BCUT2D eigenvalue weighted by Crippen LogP contribution is 2.30. The summed E-state index contributed by atoms with van der Waals surface area (Å²) in [5, 5.41) is 5.02. The highest BCUT2D eigenvalue weighted by atomic mass is 32.2. The van der Waals surface area contributed by atoms with Crippen LogP contribution in [0.1, 0.15) is 16.1 Å². The summed E-state index contributed by atoms with van der Waals surface area (Å²) in [5.74, 6) is -1.08. The fourth-order valence-corrected chi connectivity index (χ4v) is 3.55. The Morgan fingerprint density at radius 3 is 2.16 bits per heavy atom. The van der Waals surface area contributed by atoms with E-state index in [1.165, 1.54) is 36.6 Å². The third kappa shape index (κ3) is 5.95. The lowest BCUT2D eigenvalue weighted by Crippen LogP contribution is -2.33. The minimum atomic E-state index is -4.70. The Hall–Kier alpha value is -3.64. The molecule has 0 spiro atoms. The highest BCUT2D eigenvalue weighted by Gasteiger charge is 2.31. The summed E-state index contributed by atoms with van der Waals surface area (Å²) < 4.78 is 69.7. The lowest BCUT2D eigenvalue weighted by molar-refractivity contribution is -0.137. The van der Waals surface area contributed by atoms with Crippen LogP contribution in [0.4, 0.5) is 24.5 Å². The van der Waals surface area contributed by atoms with Crippen molar-refractivity contribution in [3.63, 3.8) is 0 Å².